The fourth-order valence-electron chi connectivity index (χ4n) is 3.31. The van der Waals surface area contributed by atoms with E-state index in [0.717, 1.165) is 38.0 Å². The first-order valence-electron chi connectivity index (χ1n) is 7.23. The lowest BCUT2D eigenvalue weighted by molar-refractivity contribution is 0.400. The maximum atomic E-state index is 4.79. The molecule has 0 bridgehead atoms. The van der Waals surface area contributed by atoms with Crippen LogP contribution in [0.5, 0.6) is 0 Å². The third-order valence-electron chi connectivity index (χ3n) is 4.61. The van der Waals surface area contributed by atoms with Gasteiger partial charge in [0.25, 0.3) is 0 Å². The molecule has 0 spiro atoms. The number of H-pyrrole nitrogens is 1. The summed E-state index contributed by atoms with van der Waals surface area (Å²) in [6.45, 7) is 6.36. The zero-order valence-electron chi connectivity index (χ0n) is 11.2. The van der Waals surface area contributed by atoms with Crippen molar-refractivity contribution in [3.8, 4) is 0 Å². The Hall–Kier alpha value is -1.10. The second-order valence-electron chi connectivity index (χ2n) is 5.56. The smallest absolute Gasteiger partial charge is 0.244 e. The van der Waals surface area contributed by atoms with E-state index in [1.54, 1.807) is 0 Å². The quantitative estimate of drug-likeness (QED) is 0.851. The lowest BCUT2D eigenvalue weighted by Gasteiger charge is -2.26. The topological polar surface area (TPSA) is 56.8 Å². The summed E-state index contributed by atoms with van der Waals surface area (Å²) in [5.41, 5.74) is 0.277. The molecule has 3 rings (SSSR count). The molecule has 1 aliphatic heterocycles. The van der Waals surface area contributed by atoms with Crippen molar-refractivity contribution >= 4 is 5.95 Å². The molecule has 0 unspecified atom stereocenters. The SMILES string of the molecule is CCC1(c2nc(N3CCNCC3)n[nH]2)CCCC1. The summed E-state index contributed by atoms with van der Waals surface area (Å²) in [6.07, 6.45) is 6.36. The molecule has 5 nitrogen and oxygen atoms in total. The third-order valence-corrected chi connectivity index (χ3v) is 4.61. The van der Waals surface area contributed by atoms with Gasteiger partial charge in [0.2, 0.25) is 5.95 Å². The van der Waals surface area contributed by atoms with Crippen molar-refractivity contribution in [2.75, 3.05) is 31.1 Å². The van der Waals surface area contributed by atoms with Crippen molar-refractivity contribution in [1.82, 2.24) is 20.5 Å². The summed E-state index contributed by atoms with van der Waals surface area (Å²) in [5, 5.41) is 11.0. The summed E-state index contributed by atoms with van der Waals surface area (Å²) < 4.78 is 0. The summed E-state index contributed by atoms with van der Waals surface area (Å²) in [4.78, 5) is 7.06. The van der Waals surface area contributed by atoms with Crippen LogP contribution < -0.4 is 10.2 Å². The molecule has 2 N–H and O–H groups in total. The predicted octanol–water partition coefficient (Wildman–Crippen LogP) is 1.44. The second kappa shape index (κ2) is 4.88. The van der Waals surface area contributed by atoms with Crippen LogP contribution in [0.3, 0.4) is 0 Å². The van der Waals surface area contributed by atoms with Crippen LogP contribution in [0.25, 0.3) is 0 Å². The van der Waals surface area contributed by atoms with Crippen LogP contribution in [0.1, 0.15) is 44.9 Å². The summed E-state index contributed by atoms with van der Waals surface area (Å²) in [6, 6.07) is 0. The van der Waals surface area contributed by atoms with Gasteiger partial charge in [-0.2, -0.15) is 4.98 Å². The fraction of sp³-hybridized carbons (Fsp3) is 0.846. The molecule has 0 amide bonds. The number of aromatic nitrogens is 3. The summed E-state index contributed by atoms with van der Waals surface area (Å²) in [7, 11) is 0. The van der Waals surface area contributed by atoms with E-state index in [4.69, 9.17) is 4.98 Å². The lowest BCUT2D eigenvalue weighted by atomic mass is 9.83. The Balaban J connectivity index is 1.79. The summed E-state index contributed by atoms with van der Waals surface area (Å²) >= 11 is 0. The molecule has 1 aliphatic carbocycles. The van der Waals surface area contributed by atoms with Gasteiger partial charge >= 0.3 is 0 Å². The highest BCUT2D eigenvalue weighted by Crippen LogP contribution is 2.42. The number of aromatic amines is 1. The first kappa shape index (κ1) is 12.0. The maximum Gasteiger partial charge on any atom is 0.244 e. The summed E-state index contributed by atoms with van der Waals surface area (Å²) in [5.74, 6) is 2.02. The van der Waals surface area contributed by atoms with Crippen molar-refractivity contribution in [1.29, 1.82) is 0 Å². The molecule has 0 radical (unpaired) electrons. The standard InChI is InChI=1S/C13H23N5/c1-2-13(5-3-4-6-13)11-15-12(17-16-11)18-9-7-14-8-10-18/h14H,2-10H2,1H3,(H,15,16,17). The van der Waals surface area contributed by atoms with Gasteiger partial charge in [0.15, 0.2) is 0 Å². The van der Waals surface area contributed by atoms with E-state index in [1.165, 1.54) is 32.1 Å². The minimum atomic E-state index is 0.277. The highest BCUT2D eigenvalue weighted by molar-refractivity contribution is 5.31. The zero-order valence-corrected chi connectivity index (χ0v) is 11.2. The van der Waals surface area contributed by atoms with Crippen LogP contribution in [-0.2, 0) is 5.41 Å². The molecule has 18 heavy (non-hydrogen) atoms. The Bertz CT molecular complexity index is 388. The van der Waals surface area contributed by atoms with Gasteiger partial charge in [-0.1, -0.05) is 19.8 Å². The Kier molecular flexibility index (Phi) is 3.24. The van der Waals surface area contributed by atoms with E-state index in [2.05, 4.69) is 27.3 Å². The Labute approximate surface area is 108 Å². The van der Waals surface area contributed by atoms with Crippen molar-refractivity contribution in [3.05, 3.63) is 5.82 Å². The number of hydrogen-bond acceptors (Lipinski definition) is 4. The molecule has 1 saturated heterocycles. The molecule has 0 atom stereocenters. The third kappa shape index (κ3) is 2.00. The van der Waals surface area contributed by atoms with E-state index in [1.807, 2.05) is 0 Å². The maximum absolute atomic E-state index is 4.79. The highest BCUT2D eigenvalue weighted by atomic mass is 15.4. The Morgan fingerprint density at radius 3 is 2.61 bits per heavy atom. The number of nitrogens with one attached hydrogen (secondary N) is 2. The van der Waals surface area contributed by atoms with Crippen LogP contribution >= 0.6 is 0 Å². The predicted molar refractivity (Wildman–Crippen MR) is 71.9 cm³/mol. The van der Waals surface area contributed by atoms with E-state index in [0.29, 0.717) is 0 Å². The van der Waals surface area contributed by atoms with Crippen LogP contribution in [0.15, 0.2) is 0 Å². The number of rotatable bonds is 3. The van der Waals surface area contributed by atoms with Gasteiger partial charge in [-0.25, -0.2) is 0 Å². The van der Waals surface area contributed by atoms with Crippen molar-refractivity contribution in [3.63, 3.8) is 0 Å². The van der Waals surface area contributed by atoms with Crippen molar-refractivity contribution in [2.45, 2.75) is 44.4 Å². The Morgan fingerprint density at radius 2 is 1.94 bits per heavy atom. The second-order valence-corrected chi connectivity index (χ2v) is 5.56. The van der Waals surface area contributed by atoms with Gasteiger partial charge < -0.3 is 10.2 Å². The van der Waals surface area contributed by atoms with E-state index >= 15 is 0 Å². The molecular weight excluding hydrogens is 226 g/mol. The molecule has 1 saturated carbocycles. The highest BCUT2D eigenvalue weighted by Gasteiger charge is 2.37. The number of hydrogen-bond donors (Lipinski definition) is 2. The number of piperazine rings is 1. The van der Waals surface area contributed by atoms with E-state index in [-0.39, 0.29) is 5.41 Å². The molecule has 2 aliphatic rings. The van der Waals surface area contributed by atoms with Crippen molar-refractivity contribution in [2.24, 2.45) is 0 Å². The van der Waals surface area contributed by atoms with Gasteiger partial charge in [-0.15, -0.1) is 5.10 Å². The van der Waals surface area contributed by atoms with Gasteiger partial charge in [-0.05, 0) is 19.3 Å². The normalized spacial score (nSPS) is 23.5. The molecule has 100 valence electrons. The molecular formula is C13H23N5. The molecule has 1 aromatic rings. The van der Waals surface area contributed by atoms with Crippen LogP contribution in [0, 0.1) is 0 Å². The first-order valence-corrected chi connectivity index (χ1v) is 7.23. The lowest BCUT2D eigenvalue weighted by Crippen LogP contribution is -2.44. The van der Waals surface area contributed by atoms with Crippen LogP contribution in [0.4, 0.5) is 5.95 Å². The van der Waals surface area contributed by atoms with Gasteiger partial charge in [-0.3, -0.25) is 5.10 Å². The average Bonchev–Trinajstić information content (AvgIpc) is 3.09. The average molecular weight is 249 g/mol. The van der Waals surface area contributed by atoms with Crippen molar-refractivity contribution < 1.29 is 0 Å². The van der Waals surface area contributed by atoms with E-state index in [9.17, 15) is 0 Å². The zero-order chi connectivity index (χ0) is 12.4. The first-order chi connectivity index (χ1) is 8.84. The number of nitrogens with zero attached hydrogens (tertiary/aromatic N) is 3. The van der Waals surface area contributed by atoms with Crippen LogP contribution in [-0.4, -0.2) is 41.4 Å². The molecule has 2 heterocycles. The van der Waals surface area contributed by atoms with Gasteiger partial charge in [0.05, 0.1) is 0 Å². The minimum absolute atomic E-state index is 0.277. The largest absolute Gasteiger partial charge is 0.337 e. The van der Waals surface area contributed by atoms with E-state index < -0.39 is 0 Å². The van der Waals surface area contributed by atoms with Gasteiger partial charge in [0.1, 0.15) is 5.82 Å². The Morgan fingerprint density at radius 1 is 1.22 bits per heavy atom. The molecule has 0 aromatic carbocycles. The molecule has 2 fully saturated rings. The number of anilines is 1. The minimum Gasteiger partial charge on any atom is -0.337 e. The molecule has 1 aromatic heterocycles. The fourth-order valence-corrected chi connectivity index (χ4v) is 3.31. The molecule has 5 heteroatoms. The monoisotopic (exact) mass is 249 g/mol. The van der Waals surface area contributed by atoms with Gasteiger partial charge in [0, 0.05) is 31.6 Å². The van der Waals surface area contributed by atoms with Crippen LogP contribution in [0.2, 0.25) is 0 Å².